The molecule has 3 atom stereocenters. The summed E-state index contributed by atoms with van der Waals surface area (Å²) in [5, 5.41) is 18.6. The minimum atomic E-state index is -4.98. The molecule has 1 fully saturated rings. The second kappa shape index (κ2) is 6.94. The van der Waals surface area contributed by atoms with Gasteiger partial charge in [0.1, 0.15) is 30.5 Å². The Balaban J connectivity index is 2.00. The van der Waals surface area contributed by atoms with Gasteiger partial charge in [-0.25, -0.2) is 4.79 Å². The minimum Gasteiger partial charge on any atom is -0.491 e. The zero-order valence-corrected chi connectivity index (χ0v) is 14.6. The van der Waals surface area contributed by atoms with Crippen molar-refractivity contribution >= 4 is 22.3 Å². The van der Waals surface area contributed by atoms with E-state index in [1.54, 1.807) is 0 Å². The summed E-state index contributed by atoms with van der Waals surface area (Å²) in [5.41, 5.74) is 6.09. The zero-order valence-electron chi connectivity index (χ0n) is 13.8. The highest BCUT2D eigenvalue weighted by Gasteiger charge is 2.51. The number of ether oxygens (including phenoxy) is 1. The van der Waals surface area contributed by atoms with Gasteiger partial charge in [0.15, 0.2) is 0 Å². The second-order valence-corrected chi connectivity index (χ2v) is 7.03. The maximum atomic E-state index is 12.4. The number of benzene rings is 1. The van der Waals surface area contributed by atoms with Gasteiger partial charge in [-0.2, -0.15) is 13.5 Å². The van der Waals surface area contributed by atoms with Crippen molar-refractivity contribution in [3.63, 3.8) is 0 Å². The Morgan fingerprint density at radius 2 is 2.07 bits per heavy atom. The summed E-state index contributed by atoms with van der Waals surface area (Å²) in [7, 11) is -4.98. The molecule has 2 bridgehead atoms. The number of hydroxylamine groups is 2. The van der Waals surface area contributed by atoms with Crippen LogP contribution < -0.4 is 10.5 Å². The van der Waals surface area contributed by atoms with Gasteiger partial charge in [0, 0.05) is 0 Å². The topological polar surface area (TPSA) is 180 Å². The van der Waals surface area contributed by atoms with E-state index in [0.717, 1.165) is 4.90 Å². The second-order valence-electron chi connectivity index (χ2n) is 6.02. The molecule has 1 saturated heterocycles. The maximum Gasteiger partial charge on any atom is 0.418 e. The number of nitrogens with two attached hydrogens (primary N) is 1. The molecule has 0 aromatic heterocycles. The van der Waals surface area contributed by atoms with Crippen LogP contribution in [0.15, 0.2) is 18.2 Å². The van der Waals surface area contributed by atoms with Gasteiger partial charge in [-0.15, -0.1) is 4.28 Å². The Labute approximate surface area is 153 Å². The van der Waals surface area contributed by atoms with Gasteiger partial charge >= 0.3 is 16.4 Å². The fourth-order valence-corrected chi connectivity index (χ4v) is 3.49. The number of carbonyl (C=O) groups excluding carboxylic acids is 2. The van der Waals surface area contributed by atoms with Crippen LogP contribution in [0.4, 0.5) is 4.79 Å². The highest BCUT2D eigenvalue weighted by molar-refractivity contribution is 7.80. The third-order valence-corrected chi connectivity index (χ3v) is 4.56. The van der Waals surface area contributed by atoms with Crippen LogP contribution in [0.3, 0.4) is 0 Å². The lowest BCUT2D eigenvalue weighted by Gasteiger charge is -2.31. The van der Waals surface area contributed by atoms with Crippen molar-refractivity contribution in [3.8, 4) is 5.75 Å². The summed E-state index contributed by atoms with van der Waals surface area (Å²) in [4.78, 5) is 25.4. The van der Waals surface area contributed by atoms with Crippen LogP contribution in [-0.4, -0.2) is 70.9 Å². The number of fused-ring (bicyclic) bond motifs is 4. The average Bonchev–Trinajstić information content (AvgIpc) is 2.85. The van der Waals surface area contributed by atoms with Crippen molar-refractivity contribution in [3.05, 3.63) is 29.3 Å². The predicted octanol–water partition coefficient (Wildman–Crippen LogP) is -1.53. The van der Waals surface area contributed by atoms with Crippen LogP contribution in [0, 0.1) is 0 Å². The summed E-state index contributed by atoms with van der Waals surface area (Å²) in [6, 6.07) is 1.34. The fraction of sp³-hybridized carbons (Fsp3) is 0.429. The molecule has 13 heteroatoms. The molecule has 1 unspecified atom stereocenters. The van der Waals surface area contributed by atoms with E-state index in [-0.39, 0.29) is 18.9 Å². The Morgan fingerprint density at radius 3 is 2.67 bits per heavy atom. The number of rotatable bonds is 7. The molecule has 5 N–H and O–H groups in total. The number of aliphatic hydroxyl groups is 2. The zero-order chi connectivity index (χ0) is 19.9. The summed E-state index contributed by atoms with van der Waals surface area (Å²) < 4.78 is 40.8. The summed E-state index contributed by atoms with van der Waals surface area (Å²) >= 11 is 0. The van der Waals surface area contributed by atoms with Gasteiger partial charge in [0.2, 0.25) is 5.91 Å². The van der Waals surface area contributed by atoms with E-state index in [1.807, 2.05) is 0 Å². The lowest BCUT2D eigenvalue weighted by molar-refractivity contribution is -0.122. The molecule has 12 nitrogen and oxygen atoms in total. The molecule has 0 radical (unpaired) electrons. The average molecular weight is 403 g/mol. The largest absolute Gasteiger partial charge is 0.491 e. The minimum absolute atomic E-state index is 0.0995. The molecule has 3 rings (SSSR count). The van der Waals surface area contributed by atoms with Crippen LogP contribution in [0.25, 0.3) is 0 Å². The first-order valence-electron chi connectivity index (χ1n) is 7.74. The number of hydrogen-bond acceptors (Lipinski definition) is 8. The number of nitrogens with zero attached hydrogens (tertiary/aromatic N) is 2. The Bertz CT molecular complexity index is 875. The third kappa shape index (κ3) is 3.68. The standard InChI is InChI=1S/C14H17N3O9S/c15-13(20)12-9-2-1-8(25-6-7(19)5-18)3-10(9)11-4-16(12)14(21)17(11)26-27(22,23)24/h1-3,7,11-12,18-19H,4-6H2,(H2,15,20)(H,22,23,24)/t7?,11-,12+/m0/s1. The first-order valence-corrected chi connectivity index (χ1v) is 9.10. The smallest absolute Gasteiger partial charge is 0.418 e. The van der Waals surface area contributed by atoms with Crippen LogP contribution in [0.2, 0.25) is 0 Å². The Kier molecular flexibility index (Phi) is 4.96. The van der Waals surface area contributed by atoms with Gasteiger partial charge in [0.05, 0.1) is 13.2 Å². The normalized spacial score (nSPS) is 22.6. The molecular formula is C14H17N3O9S. The van der Waals surface area contributed by atoms with Crippen molar-refractivity contribution in [1.29, 1.82) is 0 Å². The lowest BCUT2D eigenvalue weighted by Crippen LogP contribution is -2.41. The molecule has 148 valence electrons. The van der Waals surface area contributed by atoms with Crippen LogP contribution in [-0.2, 0) is 19.5 Å². The highest BCUT2D eigenvalue weighted by atomic mass is 32.3. The van der Waals surface area contributed by atoms with Crippen molar-refractivity contribution in [2.75, 3.05) is 19.8 Å². The van der Waals surface area contributed by atoms with Gasteiger partial charge in [-0.05, 0) is 23.3 Å². The highest BCUT2D eigenvalue weighted by Crippen LogP contribution is 2.45. The summed E-state index contributed by atoms with van der Waals surface area (Å²) in [5.74, 6) is -0.592. The van der Waals surface area contributed by atoms with Gasteiger partial charge in [-0.3, -0.25) is 9.35 Å². The summed E-state index contributed by atoms with van der Waals surface area (Å²) in [6.45, 7) is -0.816. The van der Waals surface area contributed by atoms with E-state index in [9.17, 15) is 23.1 Å². The van der Waals surface area contributed by atoms with Crippen LogP contribution in [0.5, 0.6) is 5.75 Å². The first-order chi connectivity index (χ1) is 12.6. The molecule has 1 aromatic carbocycles. The number of urea groups is 1. The molecule has 0 spiro atoms. The van der Waals surface area contributed by atoms with Crippen molar-refractivity contribution < 1.29 is 41.8 Å². The first kappa shape index (κ1) is 19.3. The van der Waals surface area contributed by atoms with Gasteiger partial charge in [-0.1, -0.05) is 6.07 Å². The fourth-order valence-electron chi connectivity index (χ4n) is 3.12. The van der Waals surface area contributed by atoms with Crippen molar-refractivity contribution in [1.82, 2.24) is 9.96 Å². The van der Waals surface area contributed by atoms with Crippen molar-refractivity contribution in [2.45, 2.75) is 18.2 Å². The molecule has 2 aliphatic rings. The molecule has 27 heavy (non-hydrogen) atoms. The van der Waals surface area contributed by atoms with E-state index in [1.165, 1.54) is 18.2 Å². The van der Waals surface area contributed by atoms with Gasteiger partial charge in [0.25, 0.3) is 0 Å². The molecule has 2 heterocycles. The quantitative estimate of drug-likeness (QED) is 0.393. The Morgan fingerprint density at radius 1 is 1.37 bits per heavy atom. The van der Waals surface area contributed by atoms with Crippen LogP contribution in [0.1, 0.15) is 23.2 Å². The monoisotopic (exact) mass is 403 g/mol. The Hall–Kier alpha value is -2.45. The molecule has 3 amide bonds. The SMILES string of the molecule is NC(=O)[C@H]1c2ccc(OCC(O)CO)cc2[C@@H]2CN1C(=O)N2OS(=O)(=O)O. The number of primary amides is 1. The van der Waals surface area contributed by atoms with E-state index < -0.39 is 47.1 Å². The predicted molar refractivity (Wildman–Crippen MR) is 86.3 cm³/mol. The number of hydrogen-bond donors (Lipinski definition) is 4. The molecule has 1 aromatic rings. The molecular weight excluding hydrogens is 386 g/mol. The molecule has 0 saturated carbocycles. The van der Waals surface area contributed by atoms with Crippen LogP contribution >= 0.6 is 0 Å². The number of carbonyl (C=O) groups is 2. The maximum absolute atomic E-state index is 12.4. The third-order valence-electron chi connectivity index (χ3n) is 4.21. The lowest BCUT2D eigenvalue weighted by atomic mass is 9.90. The van der Waals surface area contributed by atoms with E-state index in [2.05, 4.69) is 4.28 Å². The van der Waals surface area contributed by atoms with Gasteiger partial charge < -0.3 is 25.6 Å². The van der Waals surface area contributed by atoms with E-state index in [4.69, 9.17) is 20.1 Å². The van der Waals surface area contributed by atoms with E-state index in [0.29, 0.717) is 16.2 Å². The molecule has 2 aliphatic heterocycles. The summed E-state index contributed by atoms with van der Waals surface area (Å²) in [6.07, 6.45) is -1.11. The van der Waals surface area contributed by atoms with Crippen molar-refractivity contribution in [2.24, 2.45) is 5.73 Å². The van der Waals surface area contributed by atoms with E-state index >= 15 is 0 Å². The number of aliphatic hydroxyl groups excluding tert-OH is 2. The molecule has 0 aliphatic carbocycles. The number of amides is 3.